The molecule has 1 aliphatic rings. The summed E-state index contributed by atoms with van der Waals surface area (Å²) in [5.41, 5.74) is 2.86. The van der Waals surface area contributed by atoms with Crippen LogP contribution in [-0.2, 0) is 5.12 Å². The van der Waals surface area contributed by atoms with Crippen LogP contribution in [-0.4, -0.2) is 5.71 Å². The maximum Gasteiger partial charge on any atom is 0.232 e. The molecule has 2 aromatic carbocycles. The summed E-state index contributed by atoms with van der Waals surface area (Å²) in [7, 11) is 0. The van der Waals surface area contributed by atoms with E-state index >= 15 is 0 Å². The summed E-state index contributed by atoms with van der Waals surface area (Å²) in [6.45, 7) is 0. The molecular formula is C16H13ClN2. The predicted octanol–water partition coefficient (Wildman–Crippen LogP) is 3.64. The number of aliphatic imine (C=N–C) groups is 1. The topological polar surface area (TPSA) is 24.4 Å². The molecule has 0 amide bonds. The lowest BCUT2D eigenvalue weighted by atomic mass is 10.1. The Hall–Kier alpha value is -2.06. The Labute approximate surface area is 117 Å². The lowest BCUT2D eigenvalue weighted by Crippen LogP contribution is -2.35. The highest BCUT2D eigenvalue weighted by Gasteiger charge is 2.29. The van der Waals surface area contributed by atoms with Crippen LogP contribution in [0.25, 0.3) is 0 Å². The van der Waals surface area contributed by atoms with Gasteiger partial charge in [-0.15, -0.1) is 0 Å². The molecule has 1 atom stereocenters. The number of rotatable bonds is 2. The molecule has 1 N–H and O–H groups in total. The monoisotopic (exact) mass is 268 g/mol. The van der Waals surface area contributed by atoms with Crippen molar-refractivity contribution in [2.45, 2.75) is 5.12 Å². The van der Waals surface area contributed by atoms with Gasteiger partial charge in [-0.05, 0) is 11.6 Å². The van der Waals surface area contributed by atoms with Crippen LogP contribution in [0.4, 0.5) is 0 Å². The molecule has 3 rings (SSSR count). The van der Waals surface area contributed by atoms with Crippen molar-refractivity contribution in [3.8, 4) is 0 Å². The minimum absolute atomic E-state index is 0.873. The van der Waals surface area contributed by atoms with Crippen molar-refractivity contribution in [1.29, 1.82) is 0 Å². The van der Waals surface area contributed by atoms with Gasteiger partial charge >= 0.3 is 0 Å². The fourth-order valence-corrected chi connectivity index (χ4v) is 2.32. The lowest BCUT2D eigenvalue weighted by molar-refractivity contribution is 0.570. The average Bonchev–Trinajstić information content (AvgIpc) is 2.49. The van der Waals surface area contributed by atoms with E-state index in [1.807, 2.05) is 72.9 Å². The molecule has 0 saturated heterocycles. The minimum atomic E-state index is -0.929. The second kappa shape index (κ2) is 4.90. The van der Waals surface area contributed by atoms with Crippen molar-refractivity contribution in [2.75, 3.05) is 0 Å². The van der Waals surface area contributed by atoms with E-state index in [-0.39, 0.29) is 0 Å². The van der Waals surface area contributed by atoms with Crippen LogP contribution >= 0.6 is 11.6 Å². The summed E-state index contributed by atoms with van der Waals surface area (Å²) in [5.74, 6) is 0. The molecule has 0 aromatic heterocycles. The van der Waals surface area contributed by atoms with Gasteiger partial charge < -0.3 is 5.32 Å². The third kappa shape index (κ3) is 2.40. The lowest BCUT2D eigenvalue weighted by Gasteiger charge is -2.27. The molecule has 2 aromatic rings. The van der Waals surface area contributed by atoms with E-state index in [1.54, 1.807) is 0 Å². The summed E-state index contributed by atoms with van der Waals surface area (Å²) in [4.78, 5) is 4.64. The third-order valence-electron chi connectivity index (χ3n) is 3.02. The van der Waals surface area contributed by atoms with Crippen LogP contribution < -0.4 is 5.32 Å². The van der Waals surface area contributed by atoms with E-state index in [0.29, 0.717) is 0 Å². The van der Waals surface area contributed by atoms with Gasteiger partial charge in [0, 0.05) is 11.8 Å². The summed E-state index contributed by atoms with van der Waals surface area (Å²) >= 11 is 6.60. The maximum absolute atomic E-state index is 6.60. The van der Waals surface area contributed by atoms with E-state index in [1.165, 1.54) is 0 Å². The molecule has 1 unspecified atom stereocenters. The Kier molecular flexibility index (Phi) is 3.10. The van der Waals surface area contributed by atoms with E-state index in [2.05, 4.69) is 10.3 Å². The van der Waals surface area contributed by atoms with Gasteiger partial charge in [-0.2, -0.15) is 0 Å². The highest BCUT2D eigenvalue weighted by Crippen LogP contribution is 2.30. The van der Waals surface area contributed by atoms with Gasteiger partial charge in [-0.1, -0.05) is 72.3 Å². The number of allylic oxidation sites excluding steroid dienone is 1. The molecule has 0 fully saturated rings. The first-order chi connectivity index (χ1) is 9.28. The zero-order chi connectivity index (χ0) is 13.1. The van der Waals surface area contributed by atoms with Crippen LogP contribution in [0.1, 0.15) is 11.1 Å². The Morgan fingerprint density at radius 3 is 2.21 bits per heavy atom. The predicted molar refractivity (Wildman–Crippen MR) is 79.2 cm³/mol. The van der Waals surface area contributed by atoms with E-state index in [4.69, 9.17) is 11.6 Å². The first-order valence-electron chi connectivity index (χ1n) is 6.12. The Balaban J connectivity index is 2.02. The number of halogens is 1. The van der Waals surface area contributed by atoms with Crippen molar-refractivity contribution in [3.63, 3.8) is 0 Å². The van der Waals surface area contributed by atoms with Crippen LogP contribution in [0.5, 0.6) is 0 Å². The van der Waals surface area contributed by atoms with E-state index in [9.17, 15) is 0 Å². The van der Waals surface area contributed by atoms with Gasteiger partial charge in [0.1, 0.15) is 0 Å². The second-order valence-corrected chi connectivity index (χ2v) is 4.88. The number of alkyl halides is 1. The Morgan fingerprint density at radius 2 is 1.53 bits per heavy atom. The number of hydrogen-bond donors (Lipinski definition) is 1. The first kappa shape index (κ1) is 12.0. The standard InChI is InChI=1S/C16H13ClN2/c17-16(14-9-5-2-6-10-14)18-12-11-15(19-16)13-7-3-1-4-8-13/h1-12,18H. The summed E-state index contributed by atoms with van der Waals surface area (Å²) in [6.07, 6.45) is 3.77. The maximum atomic E-state index is 6.60. The molecule has 0 spiro atoms. The molecule has 0 bridgehead atoms. The van der Waals surface area contributed by atoms with Crippen LogP contribution in [0.15, 0.2) is 77.9 Å². The fourth-order valence-electron chi connectivity index (χ4n) is 2.04. The molecule has 1 aliphatic heterocycles. The Morgan fingerprint density at radius 1 is 0.895 bits per heavy atom. The average molecular weight is 269 g/mol. The molecule has 2 nitrogen and oxygen atoms in total. The molecule has 19 heavy (non-hydrogen) atoms. The number of nitrogens with one attached hydrogen (secondary N) is 1. The highest BCUT2D eigenvalue weighted by atomic mass is 35.5. The molecule has 3 heteroatoms. The van der Waals surface area contributed by atoms with E-state index in [0.717, 1.165) is 16.8 Å². The number of benzene rings is 2. The van der Waals surface area contributed by atoms with Crippen molar-refractivity contribution in [1.82, 2.24) is 5.32 Å². The number of hydrogen-bond acceptors (Lipinski definition) is 2. The SMILES string of the molecule is ClC1(c2ccccc2)N=C(c2ccccc2)C=CN1. The smallest absolute Gasteiger partial charge is 0.232 e. The minimum Gasteiger partial charge on any atom is -0.351 e. The first-order valence-corrected chi connectivity index (χ1v) is 6.50. The van der Waals surface area contributed by atoms with Crippen molar-refractivity contribution in [2.24, 2.45) is 4.99 Å². The number of nitrogens with zero attached hydrogens (tertiary/aromatic N) is 1. The van der Waals surface area contributed by atoms with Gasteiger partial charge in [-0.3, -0.25) is 0 Å². The largest absolute Gasteiger partial charge is 0.351 e. The van der Waals surface area contributed by atoms with Crippen molar-refractivity contribution >= 4 is 17.3 Å². The summed E-state index contributed by atoms with van der Waals surface area (Å²) in [6, 6.07) is 19.8. The van der Waals surface area contributed by atoms with Gasteiger partial charge in [0.15, 0.2) is 0 Å². The Bertz CT molecular complexity index is 620. The van der Waals surface area contributed by atoms with Gasteiger partial charge in [-0.25, -0.2) is 4.99 Å². The molecular weight excluding hydrogens is 256 g/mol. The van der Waals surface area contributed by atoms with Gasteiger partial charge in [0.05, 0.1) is 5.71 Å². The molecule has 0 saturated carbocycles. The molecule has 0 radical (unpaired) electrons. The zero-order valence-electron chi connectivity index (χ0n) is 10.3. The third-order valence-corrected chi connectivity index (χ3v) is 3.43. The van der Waals surface area contributed by atoms with E-state index < -0.39 is 5.12 Å². The molecule has 94 valence electrons. The van der Waals surface area contributed by atoms with Gasteiger partial charge in [0.2, 0.25) is 5.12 Å². The highest BCUT2D eigenvalue weighted by molar-refractivity contribution is 6.25. The van der Waals surface area contributed by atoms with Crippen LogP contribution in [0.2, 0.25) is 0 Å². The molecule has 1 heterocycles. The summed E-state index contributed by atoms with van der Waals surface area (Å²) < 4.78 is 0. The van der Waals surface area contributed by atoms with Crippen LogP contribution in [0, 0.1) is 0 Å². The van der Waals surface area contributed by atoms with Crippen LogP contribution in [0.3, 0.4) is 0 Å². The van der Waals surface area contributed by atoms with Gasteiger partial charge in [0.25, 0.3) is 0 Å². The van der Waals surface area contributed by atoms with Crippen molar-refractivity contribution in [3.05, 3.63) is 84.1 Å². The van der Waals surface area contributed by atoms with Crippen molar-refractivity contribution < 1.29 is 0 Å². The quantitative estimate of drug-likeness (QED) is 0.653. The normalized spacial score (nSPS) is 21.6. The fraction of sp³-hybridized carbons (Fsp3) is 0.0625. The summed E-state index contributed by atoms with van der Waals surface area (Å²) in [5, 5.41) is 2.18. The second-order valence-electron chi connectivity index (χ2n) is 4.33. The molecule has 0 aliphatic carbocycles. The zero-order valence-corrected chi connectivity index (χ0v) is 11.0.